The van der Waals surface area contributed by atoms with Gasteiger partial charge in [-0.25, -0.2) is 14.6 Å². The molecule has 7 heteroatoms. The molecule has 7 nitrogen and oxygen atoms in total. The third-order valence-electron chi connectivity index (χ3n) is 3.21. The molecule has 0 radical (unpaired) electrons. The minimum atomic E-state index is -0.483. The second-order valence-corrected chi connectivity index (χ2v) is 6.16. The molecule has 0 atom stereocenters. The largest absolute Gasteiger partial charge is 0.444 e. The number of imidazole rings is 1. The van der Waals surface area contributed by atoms with Gasteiger partial charge in [-0.05, 0) is 33.6 Å². The molecule has 1 aliphatic heterocycles. The summed E-state index contributed by atoms with van der Waals surface area (Å²) in [6.07, 6.45) is 5.78. The molecule has 1 N–H and O–H groups in total. The van der Waals surface area contributed by atoms with Crippen LogP contribution in [0.3, 0.4) is 0 Å². The number of ether oxygens (including phenoxy) is 1. The van der Waals surface area contributed by atoms with Crippen LogP contribution in [-0.2, 0) is 4.74 Å². The third-order valence-corrected chi connectivity index (χ3v) is 3.21. The maximum Gasteiger partial charge on any atom is 0.410 e. The molecule has 1 aliphatic rings. The molecule has 0 spiro atoms. The molecule has 2 heterocycles. The standard InChI is InChI=1S/C14H22N4O3/c1-14(2,3)21-13(20)17-7-4-11(5-8-17)16-12(19)18-9-6-15-10-18/h6,9-11H,4-5,7-8H2,1-3H3,(H,16,19). The second-order valence-electron chi connectivity index (χ2n) is 6.16. The van der Waals surface area contributed by atoms with E-state index in [1.165, 1.54) is 10.9 Å². The number of amides is 2. The lowest BCUT2D eigenvalue weighted by Crippen LogP contribution is -2.48. The quantitative estimate of drug-likeness (QED) is 0.857. The molecule has 2 rings (SSSR count). The Kier molecular flexibility index (Phi) is 4.50. The molecule has 116 valence electrons. The fraction of sp³-hybridized carbons (Fsp3) is 0.643. The normalized spacial score (nSPS) is 16.6. The number of hydrogen-bond acceptors (Lipinski definition) is 4. The van der Waals surface area contributed by atoms with Crippen LogP contribution >= 0.6 is 0 Å². The second kappa shape index (κ2) is 6.15. The van der Waals surface area contributed by atoms with E-state index < -0.39 is 5.60 Å². The Bertz CT molecular complexity index is 485. The lowest BCUT2D eigenvalue weighted by molar-refractivity contribution is 0.0201. The number of carbonyl (C=O) groups is 2. The van der Waals surface area contributed by atoms with E-state index in [0.29, 0.717) is 13.1 Å². The van der Waals surface area contributed by atoms with Crippen LogP contribution in [-0.4, -0.2) is 51.3 Å². The van der Waals surface area contributed by atoms with Crippen LogP contribution in [0.15, 0.2) is 18.7 Å². The van der Waals surface area contributed by atoms with Crippen molar-refractivity contribution in [1.82, 2.24) is 19.8 Å². The summed E-state index contributed by atoms with van der Waals surface area (Å²) in [7, 11) is 0. The van der Waals surface area contributed by atoms with E-state index in [-0.39, 0.29) is 18.2 Å². The minimum Gasteiger partial charge on any atom is -0.444 e. The summed E-state index contributed by atoms with van der Waals surface area (Å²) in [6.45, 7) is 6.72. The Morgan fingerprint density at radius 2 is 1.95 bits per heavy atom. The van der Waals surface area contributed by atoms with Crippen LogP contribution in [0.5, 0.6) is 0 Å². The van der Waals surface area contributed by atoms with Gasteiger partial charge in [0.05, 0.1) is 0 Å². The van der Waals surface area contributed by atoms with E-state index in [2.05, 4.69) is 10.3 Å². The average molecular weight is 294 g/mol. The highest BCUT2D eigenvalue weighted by atomic mass is 16.6. The Balaban J connectivity index is 1.78. The number of rotatable bonds is 1. The molecule has 1 aromatic rings. The molecule has 1 saturated heterocycles. The number of nitrogens with one attached hydrogen (secondary N) is 1. The van der Waals surface area contributed by atoms with Gasteiger partial charge in [0.25, 0.3) is 0 Å². The van der Waals surface area contributed by atoms with E-state index in [1.54, 1.807) is 17.3 Å². The third kappa shape index (κ3) is 4.47. The van der Waals surface area contributed by atoms with E-state index in [4.69, 9.17) is 4.74 Å². The van der Waals surface area contributed by atoms with E-state index in [1.807, 2.05) is 20.8 Å². The van der Waals surface area contributed by atoms with Crippen molar-refractivity contribution in [3.8, 4) is 0 Å². The van der Waals surface area contributed by atoms with Crippen molar-refractivity contribution in [3.05, 3.63) is 18.7 Å². The maximum atomic E-state index is 11.9. The minimum absolute atomic E-state index is 0.0681. The molecular weight excluding hydrogens is 272 g/mol. The zero-order valence-corrected chi connectivity index (χ0v) is 12.7. The molecule has 2 amide bonds. The van der Waals surface area contributed by atoms with Crippen LogP contribution in [0, 0.1) is 0 Å². The Morgan fingerprint density at radius 3 is 2.48 bits per heavy atom. The number of hydrogen-bond donors (Lipinski definition) is 1. The molecule has 0 aromatic carbocycles. The van der Waals surface area contributed by atoms with Crippen LogP contribution in [0.4, 0.5) is 9.59 Å². The van der Waals surface area contributed by atoms with Crippen molar-refractivity contribution in [2.75, 3.05) is 13.1 Å². The van der Waals surface area contributed by atoms with Gasteiger partial charge in [0.2, 0.25) is 0 Å². The van der Waals surface area contributed by atoms with Crippen LogP contribution in [0.2, 0.25) is 0 Å². The summed E-state index contributed by atoms with van der Waals surface area (Å²) >= 11 is 0. The van der Waals surface area contributed by atoms with Gasteiger partial charge in [0.1, 0.15) is 11.9 Å². The zero-order valence-electron chi connectivity index (χ0n) is 12.7. The molecular formula is C14H22N4O3. The van der Waals surface area contributed by atoms with Crippen molar-refractivity contribution in [1.29, 1.82) is 0 Å². The van der Waals surface area contributed by atoms with Crippen molar-refractivity contribution in [3.63, 3.8) is 0 Å². The van der Waals surface area contributed by atoms with E-state index >= 15 is 0 Å². The Hall–Kier alpha value is -2.05. The van der Waals surface area contributed by atoms with Crippen molar-refractivity contribution < 1.29 is 14.3 Å². The highest BCUT2D eigenvalue weighted by molar-refractivity contribution is 5.76. The fourth-order valence-corrected chi connectivity index (χ4v) is 2.16. The monoisotopic (exact) mass is 294 g/mol. The van der Waals surface area contributed by atoms with Gasteiger partial charge in [0, 0.05) is 31.5 Å². The predicted octanol–water partition coefficient (Wildman–Crippen LogP) is 1.84. The lowest BCUT2D eigenvalue weighted by atomic mass is 10.1. The first-order chi connectivity index (χ1) is 9.85. The lowest BCUT2D eigenvalue weighted by Gasteiger charge is -2.33. The molecule has 0 saturated carbocycles. The van der Waals surface area contributed by atoms with E-state index in [0.717, 1.165) is 12.8 Å². The molecule has 0 bridgehead atoms. The van der Waals surface area contributed by atoms with Gasteiger partial charge < -0.3 is 15.0 Å². The first-order valence-electron chi connectivity index (χ1n) is 7.12. The van der Waals surface area contributed by atoms with Gasteiger partial charge in [-0.2, -0.15) is 0 Å². The van der Waals surface area contributed by atoms with Gasteiger partial charge in [-0.15, -0.1) is 0 Å². The highest BCUT2D eigenvalue weighted by Crippen LogP contribution is 2.15. The first-order valence-corrected chi connectivity index (χ1v) is 7.12. The molecule has 0 unspecified atom stereocenters. The average Bonchev–Trinajstić information content (AvgIpc) is 2.91. The fourth-order valence-electron chi connectivity index (χ4n) is 2.16. The number of nitrogens with zero attached hydrogens (tertiary/aromatic N) is 3. The number of piperidine rings is 1. The molecule has 0 aliphatic carbocycles. The van der Waals surface area contributed by atoms with Crippen LogP contribution in [0.1, 0.15) is 33.6 Å². The Morgan fingerprint density at radius 1 is 1.29 bits per heavy atom. The van der Waals surface area contributed by atoms with Gasteiger partial charge in [0.15, 0.2) is 0 Å². The molecule has 1 aromatic heterocycles. The predicted molar refractivity (Wildman–Crippen MR) is 77.0 cm³/mol. The summed E-state index contributed by atoms with van der Waals surface area (Å²) in [4.78, 5) is 29.3. The topological polar surface area (TPSA) is 76.5 Å². The summed E-state index contributed by atoms with van der Waals surface area (Å²) in [5.74, 6) is 0. The van der Waals surface area contributed by atoms with Crippen molar-refractivity contribution >= 4 is 12.1 Å². The van der Waals surface area contributed by atoms with Gasteiger partial charge in [-0.3, -0.25) is 4.57 Å². The van der Waals surface area contributed by atoms with Crippen LogP contribution < -0.4 is 5.32 Å². The Labute approximate surface area is 124 Å². The smallest absolute Gasteiger partial charge is 0.410 e. The molecule has 1 fully saturated rings. The zero-order chi connectivity index (χ0) is 15.5. The first kappa shape index (κ1) is 15.3. The summed E-state index contributed by atoms with van der Waals surface area (Å²) in [5.41, 5.74) is -0.483. The summed E-state index contributed by atoms with van der Waals surface area (Å²) < 4.78 is 6.74. The number of likely N-dealkylation sites (tertiary alicyclic amines) is 1. The highest BCUT2D eigenvalue weighted by Gasteiger charge is 2.27. The van der Waals surface area contributed by atoms with Gasteiger partial charge in [-0.1, -0.05) is 0 Å². The van der Waals surface area contributed by atoms with Crippen LogP contribution in [0.25, 0.3) is 0 Å². The SMILES string of the molecule is CC(C)(C)OC(=O)N1CCC(NC(=O)n2ccnc2)CC1. The number of carbonyl (C=O) groups excluding carboxylic acids is 2. The van der Waals surface area contributed by atoms with Gasteiger partial charge >= 0.3 is 12.1 Å². The van der Waals surface area contributed by atoms with Crippen molar-refractivity contribution in [2.24, 2.45) is 0 Å². The molecule has 21 heavy (non-hydrogen) atoms. The number of aromatic nitrogens is 2. The summed E-state index contributed by atoms with van der Waals surface area (Å²) in [5, 5.41) is 2.93. The maximum absolute atomic E-state index is 11.9. The van der Waals surface area contributed by atoms with E-state index in [9.17, 15) is 9.59 Å². The van der Waals surface area contributed by atoms with Crippen molar-refractivity contribution in [2.45, 2.75) is 45.3 Å². The summed E-state index contributed by atoms with van der Waals surface area (Å²) in [6, 6.07) is -0.123.